The first kappa shape index (κ1) is 19.1. The molecular weight excluding hydrogens is 341 g/mol. The molecule has 1 atom stereocenters. The summed E-state index contributed by atoms with van der Waals surface area (Å²) in [6.45, 7) is 7.22. The van der Waals surface area contributed by atoms with Crippen LogP contribution < -0.4 is 10.6 Å². The number of nitrogens with zero attached hydrogens (tertiary/aromatic N) is 1. The fourth-order valence-electron chi connectivity index (χ4n) is 2.41. The molecule has 0 unspecified atom stereocenters. The number of halogens is 1. The quantitative estimate of drug-likeness (QED) is 0.813. The number of carbonyl (C=O) groups excluding carboxylic acids is 2. The van der Waals surface area contributed by atoms with Crippen LogP contribution in [0.1, 0.15) is 54.3 Å². The summed E-state index contributed by atoms with van der Waals surface area (Å²) in [6, 6.07) is 4.18. The highest BCUT2D eigenvalue weighted by molar-refractivity contribution is 7.10. The third kappa shape index (κ3) is 5.35. The molecule has 2 rings (SSSR count). The van der Waals surface area contributed by atoms with E-state index in [2.05, 4.69) is 29.5 Å². The number of rotatable bonds is 6. The van der Waals surface area contributed by atoms with Gasteiger partial charge in [-0.1, -0.05) is 13.8 Å². The Kier molecular flexibility index (Phi) is 6.25. The summed E-state index contributed by atoms with van der Waals surface area (Å²) >= 11 is 1.34. The Morgan fingerprint density at radius 2 is 2.04 bits per heavy atom. The molecule has 0 aliphatic carbocycles. The first-order valence-electron chi connectivity index (χ1n) is 8.06. The van der Waals surface area contributed by atoms with Crippen LogP contribution in [0.3, 0.4) is 0 Å². The van der Waals surface area contributed by atoms with Crippen molar-refractivity contribution in [1.82, 2.24) is 10.3 Å². The van der Waals surface area contributed by atoms with Gasteiger partial charge in [-0.05, 0) is 43.0 Å². The van der Waals surface area contributed by atoms with E-state index in [4.69, 9.17) is 0 Å². The zero-order valence-corrected chi connectivity index (χ0v) is 15.5. The monoisotopic (exact) mass is 363 g/mol. The second kappa shape index (κ2) is 8.20. The number of nitrogens with one attached hydrogen (secondary N) is 2. The Bertz CT molecular complexity index is 773. The maximum atomic E-state index is 13.3. The minimum absolute atomic E-state index is 0.131. The van der Waals surface area contributed by atoms with E-state index in [1.165, 1.54) is 30.4 Å². The third-order valence-electron chi connectivity index (χ3n) is 3.55. The van der Waals surface area contributed by atoms with E-state index in [0.717, 1.165) is 6.42 Å². The van der Waals surface area contributed by atoms with E-state index in [-0.39, 0.29) is 29.4 Å². The van der Waals surface area contributed by atoms with Gasteiger partial charge in [0.2, 0.25) is 5.91 Å². The Hall–Kier alpha value is -2.28. The van der Waals surface area contributed by atoms with Crippen molar-refractivity contribution >= 4 is 28.8 Å². The second-order valence-corrected chi connectivity index (χ2v) is 7.26. The first-order valence-corrected chi connectivity index (χ1v) is 8.94. The predicted octanol–water partition coefficient (Wildman–Crippen LogP) is 4.07. The van der Waals surface area contributed by atoms with Crippen LogP contribution in [0.5, 0.6) is 0 Å². The van der Waals surface area contributed by atoms with Crippen LogP contribution >= 0.6 is 11.3 Å². The van der Waals surface area contributed by atoms with Crippen molar-refractivity contribution in [2.24, 2.45) is 5.92 Å². The maximum absolute atomic E-state index is 13.3. The summed E-state index contributed by atoms with van der Waals surface area (Å²) in [7, 11) is 0. The molecule has 1 heterocycles. The Morgan fingerprint density at radius 3 is 2.64 bits per heavy atom. The van der Waals surface area contributed by atoms with Gasteiger partial charge >= 0.3 is 0 Å². The number of carbonyl (C=O) groups is 2. The van der Waals surface area contributed by atoms with Crippen LogP contribution in [-0.2, 0) is 4.79 Å². The zero-order chi connectivity index (χ0) is 18.6. The number of benzene rings is 1. The van der Waals surface area contributed by atoms with Crippen LogP contribution in [0.25, 0.3) is 0 Å². The summed E-state index contributed by atoms with van der Waals surface area (Å²) in [5.41, 5.74) is 1.25. The number of aryl methyl sites for hydroxylation is 1. The minimum Gasteiger partial charge on any atom is -0.347 e. The molecular formula is C18H22FN3O2S. The van der Waals surface area contributed by atoms with Gasteiger partial charge in [-0.3, -0.25) is 9.59 Å². The molecule has 1 aromatic heterocycles. The van der Waals surface area contributed by atoms with Crippen molar-refractivity contribution in [2.75, 3.05) is 5.32 Å². The van der Waals surface area contributed by atoms with E-state index in [0.29, 0.717) is 22.2 Å². The van der Waals surface area contributed by atoms with Crippen molar-refractivity contribution in [2.45, 2.75) is 40.2 Å². The van der Waals surface area contributed by atoms with Crippen LogP contribution in [0.15, 0.2) is 23.6 Å². The molecule has 0 radical (unpaired) electrons. The summed E-state index contributed by atoms with van der Waals surface area (Å²) in [6.07, 6.45) is 0.741. The highest BCUT2D eigenvalue weighted by atomic mass is 32.1. The predicted molar refractivity (Wildman–Crippen MR) is 97.2 cm³/mol. The van der Waals surface area contributed by atoms with Gasteiger partial charge in [0.25, 0.3) is 5.91 Å². The Balaban J connectivity index is 2.13. The topological polar surface area (TPSA) is 71.1 Å². The van der Waals surface area contributed by atoms with E-state index >= 15 is 0 Å². The molecule has 0 saturated heterocycles. The number of amides is 2. The van der Waals surface area contributed by atoms with Crippen molar-refractivity contribution in [1.29, 1.82) is 0 Å². The SMILES string of the molecule is CC(=O)N[C@@H](CC(C)C)c1nc(C(=O)Nc2ccc(F)c(C)c2)cs1. The molecule has 7 heteroatoms. The lowest BCUT2D eigenvalue weighted by molar-refractivity contribution is -0.119. The van der Waals surface area contributed by atoms with Gasteiger partial charge in [-0.25, -0.2) is 9.37 Å². The molecule has 0 bridgehead atoms. The molecule has 0 aliphatic heterocycles. The molecule has 2 aromatic rings. The lowest BCUT2D eigenvalue weighted by atomic mass is 10.0. The number of thiazole rings is 1. The van der Waals surface area contributed by atoms with Gasteiger partial charge in [-0.2, -0.15) is 0 Å². The van der Waals surface area contributed by atoms with Crippen molar-refractivity contribution in [3.05, 3.63) is 45.7 Å². The van der Waals surface area contributed by atoms with Gasteiger partial charge in [0.1, 0.15) is 16.5 Å². The summed E-state index contributed by atoms with van der Waals surface area (Å²) in [4.78, 5) is 28.1. The van der Waals surface area contributed by atoms with Crippen LogP contribution in [-0.4, -0.2) is 16.8 Å². The number of anilines is 1. The highest BCUT2D eigenvalue weighted by Crippen LogP contribution is 2.25. The minimum atomic E-state index is -0.361. The molecule has 0 aliphatic rings. The van der Waals surface area contributed by atoms with Gasteiger partial charge in [0.15, 0.2) is 0 Å². The van der Waals surface area contributed by atoms with Crippen LogP contribution in [0.2, 0.25) is 0 Å². The lowest BCUT2D eigenvalue weighted by Crippen LogP contribution is -2.27. The Labute approximate surface area is 150 Å². The normalized spacial score (nSPS) is 12.1. The van der Waals surface area contributed by atoms with Crippen LogP contribution in [0, 0.1) is 18.7 Å². The number of hydrogen-bond acceptors (Lipinski definition) is 4. The molecule has 0 fully saturated rings. The van der Waals surface area contributed by atoms with Gasteiger partial charge in [0.05, 0.1) is 6.04 Å². The maximum Gasteiger partial charge on any atom is 0.275 e. The second-order valence-electron chi connectivity index (χ2n) is 6.37. The summed E-state index contributed by atoms with van der Waals surface area (Å²) in [5.74, 6) is -0.436. The number of aromatic nitrogens is 1. The van der Waals surface area contributed by atoms with E-state index in [9.17, 15) is 14.0 Å². The lowest BCUT2D eigenvalue weighted by Gasteiger charge is -2.17. The fourth-order valence-corrected chi connectivity index (χ4v) is 3.27. The first-order chi connectivity index (χ1) is 11.8. The molecule has 0 spiro atoms. The Morgan fingerprint density at radius 1 is 1.32 bits per heavy atom. The molecule has 1 aromatic carbocycles. The summed E-state index contributed by atoms with van der Waals surface area (Å²) < 4.78 is 13.3. The zero-order valence-electron chi connectivity index (χ0n) is 14.7. The highest BCUT2D eigenvalue weighted by Gasteiger charge is 2.20. The van der Waals surface area contributed by atoms with Gasteiger partial charge < -0.3 is 10.6 Å². The van der Waals surface area contributed by atoms with Gasteiger partial charge in [0, 0.05) is 18.0 Å². The molecule has 2 N–H and O–H groups in total. The van der Waals surface area contributed by atoms with Crippen molar-refractivity contribution in [3.63, 3.8) is 0 Å². The average molecular weight is 363 g/mol. The molecule has 134 valence electrons. The molecule has 5 nitrogen and oxygen atoms in total. The number of hydrogen-bond donors (Lipinski definition) is 2. The largest absolute Gasteiger partial charge is 0.347 e. The fraction of sp³-hybridized carbons (Fsp3) is 0.389. The standard InChI is InChI=1S/C18H22FN3O2S/c1-10(2)7-15(20-12(4)23)18-22-16(9-25-18)17(24)21-13-5-6-14(19)11(3)8-13/h5-6,8-10,15H,7H2,1-4H3,(H,20,23)(H,21,24)/t15-/m0/s1. The van der Waals surface area contributed by atoms with E-state index < -0.39 is 0 Å². The van der Waals surface area contributed by atoms with E-state index in [1.807, 2.05) is 0 Å². The molecule has 0 saturated carbocycles. The van der Waals surface area contributed by atoms with Crippen molar-refractivity contribution < 1.29 is 14.0 Å². The summed E-state index contributed by atoms with van der Waals surface area (Å²) in [5, 5.41) is 7.95. The smallest absolute Gasteiger partial charge is 0.275 e. The third-order valence-corrected chi connectivity index (χ3v) is 4.51. The van der Waals surface area contributed by atoms with E-state index in [1.54, 1.807) is 18.4 Å². The molecule has 25 heavy (non-hydrogen) atoms. The van der Waals surface area contributed by atoms with Crippen LogP contribution in [0.4, 0.5) is 10.1 Å². The molecule has 2 amide bonds. The van der Waals surface area contributed by atoms with Gasteiger partial charge in [-0.15, -0.1) is 11.3 Å². The van der Waals surface area contributed by atoms with Crippen molar-refractivity contribution in [3.8, 4) is 0 Å². The average Bonchev–Trinajstić information content (AvgIpc) is 2.99.